The highest BCUT2D eigenvalue weighted by atomic mass is 19.4. The number of piperidine rings is 1. The van der Waals surface area contributed by atoms with Gasteiger partial charge in [-0.2, -0.15) is 13.2 Å². The second kappa shape index (κ2) is 12.4. The fourth-order valence-electron chi connectivity index (χ4n) is 4.59. The maximum absolute atomic E-state index is 14.4. The maximum Gasteiger partial charge on any atom is 0.416 e. The van der Waals surface area contributed by atoms with Crippen LogP contribution in [0, 0.1) is 11.7 Å². The van der Waals surface area contributed by atoms with Gasteiger partial charge in [0.2, 0.25) is 5.89 Å². The van der Waals surface area contributed by atoms with Crippen LogP contribution >= 0.6 is 0 Å². The van der Waals surface area contributed by atoms with Crippen LogP contribution < -0.4 is 0 Å². The first kappa shape index (κ1) is 28.3. The van der Waals surface area contributed by atoms with Gasteiger partial charge in [0.15, 0.2) is 5.69 Å². The summed E-state index contributed by atoms with van der Waals surface area (Å²) >= 11 is 0. The topological polar surface area (TPSA) is 75.9 Å². The first-order chi connectivity index (χ1) is 18.6. The van der Waals surface area contributed by atoms with E-state index in [4.69, 9.17) is 9.15 Å². The van der Waals surface area contributed by atoms with Crippen LogP contribution in [0.1, 0.15) is 52.8 Å². The van der Waals surface area contributed by atoms with E-state index >= 15 is 0 Å². The molecule has 2 aromatic carbocycles. The average molecular weight is 548 g/mol. The van der Waals surface area contributed by atoms with Gasteiger partial charge in [-0.1, -0.05) is 36.4 Å². The Hall–Kier alpha value is -3.73. The lowest BCUT2D eigenvalue weighted by atomic mass is 9.98. The molecule has 0 N–H and O–H groups in total. The molecule has 0 radical (unpaired) electrons. The number of nitrogens with zero attached hydrogens (tertiary/aromatic N) is 3. The minimum absolute atomic E-state index is 0.0172. The fraction of sp³-hybridized carbons (Fsp3) is 0.393. The van der Waals surface area contributed by atoms with Gasteiger partial charge in [-0.3, -0.25) is 14.5 Å². The first-order valence-corrected chi connectivity index (χ1v) is 12.7. The molecule has 0 saturated carbocycles. The molecule has 1 fully saturated rings. The minimum atomic E-state index is -4.50. The van der Waals surface area contributed by atoms with Gasteiger partial charge in [-0.25, -0.2) is 9.37 Å². The van der Waals surface area contributed by atoms with Gasteiger partial charge in [0.1, 0.15) is 12.1 Å². The van der Waals surface area contributed by atoms with Gasteiger partial charge < -0.3 is 14.1 Å². The van der Waals surface area contributed by atoms with Crippen molar-refractivity contribution in [1.82, 2.24) is 14.8 Å². The lowest BCUT2D eigenvalue weighted by Crippen LogP contribution is -2.43. The number of alkyl halides is 3. The van der Waals surface area contributed by atoms with E-state index in [9.17, 15) is 27.2 Å². The van der Waals surface area contributed by atoms with Crippen molar-refractivity contribution in [3.8, 4) is 0 Å². The van der Waals surface area contributed by atoms with Crippen molar-refractivity contribution in [2.24, 2.45) is 5.92 Å². The van der Waals surface area contributed by atoms with Crippen LogP contribution in [-0.4, -0.2) is 46.4 Å². The number of amides is 1. The Morgan fingerprint density at radius 2 is 1.92 bits per heavy atom. The number of benzene rings is 2. The Labute approximate surface area is 223 Å². The van der Waals surface area contributed by atoms with Crippen molar-refractivity contribution >= 4 is 11.9 Å². The molecule has 208 valence electrons. The molecule has 0 bridgehead atoms. The molecule has 1 aliphatic rings. The standard InChI is InChI=1S/C28H29F4N3O4/c1-2-38-27(37)21-9-6-12-35(16-21)26(36)24-18-39-25(33-24)17-34(15-20-8-3-4-11-23(20)29)14-19-7-5-10-22(13-19)28(30,31)32/h3-5,7-8,10-11,13,18,21H,2,6,9,12,14-17H2,1H3. The highest BCUT2D eigenvalue weighted by Gasteiger charge is 2.32. The summed E-state index contributed by atoms with van der Waals surface area (Å²) in [5.74, 6) is -1.43. The Morgan fingerprint density at radius 3 is 2.67 bits per heavy atom. The van der Waals surface area contributed by atoms with Gasteiger partial charge in [0.05, 0.1) is 24.6 Å². The number of carbonyl (C=O) groups is 2. The van der Waals surface area contributed by atoms with E-state index in [0.717, 1.165) is 12.1 Å². The second-order valence-electron chi connectivity index (χ2n) is 9.40. The quantitative estimate of drug-likeness (QED) is 0.262. The molecule has 1 saturated heterocycles. The van der Waals surface area contributed by atoms with Gasteiger partial charge in [0.25, 0.3) is 5.91 Å². The highest BCUT2D eigenvalue weighted by molar-refractivity contribution is 5.92. The van der Waals surface area contributed by atoms with Crippen LogP contribution in [0.4, 0.5) is 17.6 Å². The number of ether oxygens (including phenoxy) is 1. The van der Waals surface area contributed by atoms with E-state index in [-0.39, 0.29) is 50.3 Å². The van der Waals surface area contributed by atoms with Crippen LogP contribution in [0.2, 0.25) is 0 Å². The van der Waals surface area contributed by atoms with Crippen molar-refractivity contribution in [1.29, 1.82) is 0 Å². The Morgan fingerprint density at radius 1 is 1.13 bits per heavy atom. The predicted molar refractivity (Wildman–Crippen MR) is 133 cm³/mol. The maximum atomic E-state index is 14.4. The number of hydrogen-bond donors (Lipinski definition) is 0. The van der Waals surface area contributed by atoms with E-state index in [1.165, 1.54) is 23.3 Å². The predicted octanol–water partition coefficient (Wildman–Crippen LogP) is 5.45. The lowest BCUT2D eigenvalue weighted by molar-refractivity contribution is -0.149. The third-order valence-electron chi connectivity index (χ3n) is 6.47. The SMILES string of the molecule is CCOC(=O)C1CCCN(C(=O)c2coc(CN(Cc3cccc(C(F)(F)F)c3)Cc3ccccc3F)n2)C1. The summed E-state index contributed by atoms with van der Waals surface area (Å²) in [6.07, 6.45) is -2.00. The van der Waals surface area contributed by atoms with E-state index in [0.29, 0.717) is 30.5 Å². The van der Waals surface area contributed by atoms with E-state index in [1.807, 2.05) is 0 Å². The second-order valence-corrected chi connectivity index (χ2v) is 9.40. The number of esters is 1. The van der Waals surface area contributed by atoms with Gasteiger partial charge in [-0.05, 0) is 37.5 Å². The van der Waals surface area contributed by atoms with E-state index in [1.54, 1.807) is 36.1 Å². The van der Waals surface area contributed by atoms with E-state index in [2.05, 4.69) is 4.98 Å². The van der Waals surface area contributed by atoms with Crippen LogP contribution in [0.3, 0.4) is 0 Å². The summed E-state index contributed by atoms with van der Waals surface area (Å²) in [7, 11) is 0. The molecule has 1 amide bonds. The zero-order valence-electron chi connectivity index (χ0n) is 21.4. The number of likely N-dealkylation sites (tertiary alicyclic amines) is 1. The molecule has 0 aliphatic carbocycles. The number of carbonyl (C=O) groups excluding carboxylic acids is 2. The summed E-state index contributed by atoms with van der Waals surface area (Å²) in [4.78, 5) is 32.7. The van der Waals surface area contributed by atoms with E-state index < -0.39 is 29.4 Å². The summed E-state index contributed by atoms with van der Waals surface area (Å²) in [6.45, 7) is 2.81. The highest BCUT2D eigenvalue weighted by Crippen LogP contribution is 2.30. The number of halogens is 4. The lowest BCUT2D eigenvalue weighted by Gasteiger charge is -2.30. The summed E-state index contributed by atoms with van der Waals surface area (Å²) in [5, 5.41) is 0. The van der Waals surface area contributed by atoms with Crippen molar-refractivity contribution in [3.05, 3.63) is 88.9 Å². The van der Waals surface area contributed by atoms with Crippen molar-refractivity contribution < 1.29 is 36.3 Å². The third-order valence-corrected chi connectivity index (χ3v) is 6.47. The summed E-state index contributed by atoms with van der Waals surface area (Å²) in [5.41, 5.74) is 0.00456. The molecule has 11 heteroatoms. The van der Waals surface area contributed by atoms with Crippen LogP contribution in [0.15, 0.2) is 59.2 Å². The molecular weight excluding hydrogens is 518 g/mol. The summed E-state index contributed by atoms with van der Waals surface area (Å²) < 4.78 is 64.8. The molecule has 3 aromatic rings. The van der Waals surface area contributed by atoms with Crippen LogP contribution in [0.25, 0.3) is 0 Å². The molecule has 1 aliphatic heterocycles. The largest absolute Gasteiger partial charge is 0.466 e. The monoisotopic (exact) mass is 547 g/mol. The molecule has 4 rings (SSSR count). The number of hydrogen-bond acceptors (Lipinski definition) is 6. The van der Waals surface area contributed by atoms with Gasteiger partial charge in [0, 0.05) is 31.7 Å². The normalized spacial score (nSPS) is 15.9. The minimum Gasteiger partial charge on any atom is -0.466 e. The molecule has 1 unspecified atom stereocenters. The third kappa shape index (κ3) is 7.44. The Kier molecular flexibility index (Phi) is 9.01. The average Bonchev–Trinajstić information content (AvgIpc) is 3.38. The van der Waals surface area contributed by atoms with Crippen LogP contribution in [0.5, 0.6) is 0 Å². The summed E-state index contributed by atoms with van der Waals surface area (Å²) in [6, 6.07) is 11.0. The zero-order valence-corrected chi connectivity index (χ0v) is 21.4. The smallest absolute Gasteiger partial charge is 0.416 e. The fourth-order valence-corrected chi connectivity index (χ4v) is 4.59. The van der Waals surface area contributed by atoms with Gasteiger partial charge >= 0.3 is 12.1 Å². The number of aromatic nitrogens is 1. The number of oxazole rings is 1. The molecule has 39 heavy (non-hydrogen) atoms. The van der Waals surface area contributed by atoms with Crippen molar-refractivity contribution in [2.45, 2.75) is 45.6 Å². The van der Waals surface area contributed by atoms with Crippen molar-refractivity contribution in [3.63, 3.8) is 0 Å². The molecular formula is C28H29F4N3O4. The molecule has 7 nitrogen and oxygen atoms in total. The van der Waals surface area contributed by atoms with Crippen LogP contribution in [-0.2, 0) is 35.3 Å². The molecule has 1 aromatic heterocycles. The molecule has 1 atom stereocenters. The molecule has 0 spiro atoms. The van der Waals surface area contributed by atoms with Gasteiger partial charge in [-0.15, -0.1) is 0 Å². The zero-order chi connectivity index (χ0) is 28.0. The first-order valence-electron chi connectivity index (χ1n) is 12.7. The molecule has 2 heterocycles. The Bertz CT molecular complexity index is 1290. The van der Waals surface area contributed by atoms with Crippen molar-refractivity contribution in [2.75, 3.05) is 19.7 Å². The Balaban J connectivity index is 1.50. The number of rotatable bonds is 9.